The van der Waals surface area contributed by atoms with Crippen molar-refractivity contribution in [3.8, 4) is 0 Å². The number of hydrogen-bond donors (Lipinski definition) is 0. The fourth-order valence-corrected chi connectivity index (χ4v) is 1.88. The molecule has 0 fully saturated rings. The van der Waals surface area contributed by atoms with Crippen LogP contribution in [0.4, 0.5) is 0 Å². The van der Waals surface area contributed by atoms with Gasteiger partial charge in [0.2, 0.25) is 0 Å². The largest absolute Gasteiger partial charge is 0.299 e. The highest BCUT2D eigenvalue weighted by molar-refractivity contribution is 5.80. The van der Waals surface area contributed by atoms with Crippen LogP contribution in [0.5, 0.6) is 0 Å². The molecule has 0 aliphatic rings. The molecule has 1 unspecified atom stereocenters. The summed E-state index contributed by atoms with van der Waals surface area (Å²) in [5.74, 6) is 0.594. The van der Waals surface area contributed by atoms with Crippen LogP contribution >= 0.6 is 0 Å². The summed E-state index contributed by atoms with van der Waals surface area (Å²) < 4.78 is 0. The summed E-state index contributed by atoms with van der Waals surface area (Å²) in [6, 6.07) is 8.33. The number of rotatable bonds is 5. The van der Waals surface area contributed by atoms with Crippen LogP contribution in [-0.4, -0.2) is 5.78 Å². The van der Waals surface area contributed by atoms with Crippen LogP contribution in [0.2, 0.25) is 0 Å². The van der Waals surface area contributed by atoms with E-state index in [1.54, 1.807) is 0 Å². The van der Waals surface area contributed by atoms with E-state index in [1.807, 2.05) is 19.1 Å². The van der Waals surface area contributed by atoms with Crippen LogP contribution in [0, 0.1) is 12.8 Å². The van der Waals surface area contributed by atoms with Gasteiger partial charge in [-0.2, -0.15) is 0 Å². The normalized spacial score (nSPS) is 12.5. The molecule has 1 aromatic carbocycles. The second-order valence-electron chi connectivity index (χ2n) is 4.06. The van der Waals surface area contributed by atoms with E-state index in [-0.39, 0.29) is 5.92 Å². The van der Waals surface area contributed by atoms with Gasteiger partial charge in [-0.25, -0.2) is 0 Å². The minimum Gasteiger partial charge on any atom is -0.299 e. The minimum atomic E-state index is 0.205. The van der Waals surface area contributed by atoms with E-state index in [1.165, 1.54) is 11.1 Å². The fraction of sp³-hybridized carbons (Fsp3) is 0.500. The average molecular weight is 204 g/mol. The van der Waals surface area contributed by atoms with E-state index in [9.17, 15) is 4.79 Å². The summed E-state index contributed by atoms with van der Waals surface area (Å²) in [5.41, 5.74) is 2.60. The molecule has 1 atom stereocenters. The van der Waals surface area contributed by atoms with Crippen molar-refractivity contribution in [3.05, 3.63) is 35.4 Å². The van der Waals surface area contributed by atoms with Crippen LogP contribution in [0.15, 0.2) is 24.3 Å². The Morgan fingerprint density at radius 3 is 2.47 bits per heavy atom. The van der Waals surface area contributed by atoms with Crippen LogP contribution in [0.1, 0.15) is 37.8 Å². The summed E-state index contributed by atoms with van der Waals surface area (Å²) in [4.78, 5) is 11.7. The molecule has 15 heavy (non-hydrogen) atoms. The Morgan fingerprint density at radius 1 is 1.27 bits per heavy atom. The molecule has 0 aliphatic carbocycles. The molecular weight excluding hydrogens is 184 g/mol. The number of hydrogen-bond acceptors (Lipinski definition) is 1. The molecule has 0 aromatic heterocycles. The SMILES string of the molecule is CCC(=O)C(CC)Cc1ccccc1C. The van der Waals surface area contributed by atoms with Gasteiger partial charge in [-0.05, 0) is 30.9 Å². The predicted molar refractivity (Wildman–Crippen MR) is 64.0 cm³/mol. The topological polar surface area (TPSA) is 17.1 Å². The van der Waals surface area contributed by atoms with Crippen LogP contribution in [-0.2, 0) is 11.2 Å². The van der Waals surface area contributed by atoms with Gasteiger partial charge < -0.3 is 0 Å². The summed E-state index contributed by atoms with van der Waals surface area (Å²) >= 11 is 0. The molecule has 1 rings (SSSR count). The second-order valence-corrected chi connectivity index (χ2v) is 4.06. The van der Waals surface area contributed by atoms with Gasteiger partial charge in [0, 0.05) is 12.3 Å². The third kappa shape index (κ3) is 3.19. The van der Waals surface area contributed by atoms with Crippen molar-refractivity contribution < 1.29 is 4.79 Å². The van der Waals surface area contributed by atoms with Crippen LogP contribution in [0.3, 0.4) is 0 Å². The average Bonchev–Trinajstić information content (AvgIpc) is 2.27. The standard InChI is InChI=1S/C14H20O/c1-4-12(14(15)5-2)10-13-9-7-6-8-11(13)3/h6-9,12H,4-5,10H2,1-3H3. The molecule has 0 N–H and O–H groups in total. The van der Waals surface area contributed by atoms with Gasteiger partial charge in [0.05, 0.1) is 0 Å². The lowest BCUT2D eigenvalue weighted by Gasteiger charge is -2.14. The van der Waals surface area contributed by atoms with Crippen molar-refractivity contribution in [2.24, 2.45) is 5.92 Å². The monoisotopic (exact) mass is 204 g/mol. The molecule has 0 aliphatic heterocycles. The third-order valence-corrected chi connectivity index (χ3v) is 3.02. The maximum Gasteiger partial charge on any atom is 0.136 e. The van der Waals surface area contributed by atoms with E-state index in [4.69, 9.17) is 0 Å². The molecule has 1 aromatic rings. The maximum atomic E-state index is 11.7. The van der Waals surface area contributed by atoms with E-state index in [2.05, 4.69) is 26.0 Å². The zero-order valence-electron chi connectivity index (χ0n) is 9.92. The highest BCUT2D eigenvalue weighted by Crippen LogP contribution is 2.17. The van der Waals surface area contributed by atoms with Crippen molar-refractivity contribution >= 4 is 5.78 Å². The first-order valence-corrected chi connectivity index (χ1v) is 5.76. The van der Waals surface area contributed by atoms with Gasteiger partial charge in [0.15, 0.2) is 0 Å². The van der Waals surface area contributed by atoms with Gasteiger partial charge in [0.25, 0.3) is 0 Å². The highest BCUT2D eigenvalue weighted by Gasteiger charge is 2.15. The lowest BCUT2D eigenvalue weighted by Crippen LogP contribution is -2.15. The smallest absolute Gasteiger partial charge is 0.136 e. The summed E-state index contributed by atoms with van der Waals surface area (Å²) in [6.45, 7) is 6.15. The Hall–Kier alpha value is -1.11. The first kappa shape index (κ1) is 12.0. The lowest BCUT2D eigenvalue weighted by atomic mass is 9.90. The molecule has 82 valence electrons. The minimum absolute atomic E-state index is 0.205. The highest BCUT2D eigenvalue weighted by atomic mass is 16.1. The number of benzene rings is 1. The third-order valence-electron chi connectivity index (χ3n) is 3.02. The molecule has 0 amide bonds. The van der Waals surface area contributed by atoms with Crippen molar-refractivity contribution in [1.82, 2.24) is 0 Å². The quantitative estimate of drug-likeness (QED) is 0.717. The number of aryl methyl sites for hydroxylation is 1. The van der Waals surface area contributed by atoms with E-state index < -0.39 is 0 Å². The number of Topliss-reactive ketones (excluding diaryl/α,β-unsaturated/α-hetero) is 1. The van der Waals surface area contributed by atoms with E-state index in [0.29, 0.717) is 12.2 Å². The van der Waals surface area contributed by atoms with Crippen molar-refractivity contribution in [1.29, 1.82) is 0 Å². The summed E-state index contributed by atoms with van der Waals surface area (Å²) in [7, 11) is 0. The molecular formula is C14H20O. The number of ketones is 1. The molecule has 0 spiro atoms. The van der Waals surface area contributed by atoms with Gasteiger partial charge in [-0.3, -0.25) is 4.79 Å². The Morgan fingerprint density at radius 2 is 1.93 bits per heavy atom. The zero-order chi connectivity index (χ0) is 11.3. The van der Waals surface area contributed by atoms with Crippen molar-refractivity contribution in [2.75, 3.05) is 0 Å². The molecule has 0 bridgehead atoms. The van der Waals surface area contributed by atoms with E-state index in [0.717, 1.165) is 12.8 Å². The Labute approximate surface area is 92.5 Å². The first-order valence-electron chi connectivity index (χ1n) is 5.76. The zero-order valence-corrected chi connectivity index (χ0v) is 9.92. The maximum absolute atomic E-state index is 11.7. The van der Waals surface area contributed by atoms with Crippen LogP contribution < -0.4 is 0 Å². The molecule has 1 nitrogen and oxygen atoms in total. The lowest BCUT2D eigenvalue weighted by molar-refractivity contribution is -0.122. The molecule has 0 heterocycles. The number of carbonyl (C=O) groups excluding carboxylic acids is 1. The summed E-state index contributed by atoms with van der Waals surface area (Å²) in [5, 5.41) is 0. The first-order chi connectivity index (χ1) is 7.19. The van der Waals surface area contributed by atoms with Gasteiger partial charge in [0.1, 0.15) is 5.78 Å². The molecule has 0 saturated carbocycles. The van der Waals surface area contributed by atoms with Crippen LogP contribution in [0.25, 0.3) is 0 Å². The van der Waals surface area contributed by atoms with E-state index >= 15 is 0 Å². The second kappa shape index (κ2) is 5.69. The van der Waals surface area contributed by atoms with Gasteiger partial charge in [-0.1, -0.05) is 38.1 Å². The molecule has 0 radical (unpaired) electrons. The fourth-order valence-electron chi connectivity index (χ4n) is 1.88. The van der Waals surface area contributed by atoms with Gasteiger partial charge >= 0.3 is 0 Å². The number of carbonyl (C=O) groups is 1. The Bertz CT molecular complexity index is 328. The van der Waals surface area contributed by atoms with Crippen molar-refractivity contribution in [2.45, 2.75) is 40.0 Å². The van der Waals surface area contributed by atoms with Gasteiger partial charge in [-0.15, -0.1) is 0 Å². The Balaban J connectivity index is 2.75. The Kier molecular flexibility index (Phi) is 4.54. The predicted octanol–water partition coefficient (Wildman–Crippen LogP) is 3.54. The van der Waals surface area contributed by atoms with Crippen molar-refractivity contribution in [3.63, 3.8) is 0 Å². The molecule has 1 heteroatoms. The summed E-state index contributed by atoms with van der Waals surface area (Å²) in [6.07, 6.45) is 2.50. The molecule has 0 saturated heterocycles.